The van der Waals surface area contributed by atoms with Crippen molar-refractivity contribution in [2.45, 2.75) is 70.7 Å². The van der Waals surface area contributed by atoms with Gasteiger partial charge in [-0.2, -0.15) is 0 Å². The average molecular weight is 334 g/mol. The van der Waals surface area contributed by atoms with E-state index in [0.29, 0.717) is 12.0 Å². The monoisotopic (exact) mass is 334 g/mol. The number of aldehydes is 1. The van der Waals surface area contributed by atoms with E-state index in [4.69, 9.17) is 14.2 Å². The van der Waals surface area contributed by atoms with Gasteiger partial charge in [-0.05, 0) is 46.5 Å². The molecule has 0 amide bonds. The molecule has 1 fully saturated rings. The van der Waals surface area contributed by atoms with Crippen molar-refractivity contribution in [3.8, 4) is 0 Å². The van der Waals surface area contributed by atoms with E-state index in [1.54, 1.807) is 7.11 Å². The summed E-state index contributed by atoms with van der Waals surface area (Å²) in [7, 11) is 1.62. The molecule has 2 heterocycles. The number of hydrogen-bond acceptors (Lipinski definition) is 4. The number of hydrogen-bond donors (Lipinski definition) is 0. The molecule has 2 rings (SSSR count). The van der Waals surface area contributed by atoms with Gasteiger partial charge in [-0.25, -0.2) is 0 Å². The summed E-state index contributed by atoms with van der Waals surface area (Å²) < 4.78 is 17.3. The van der Waals surface area contributed by atoms with Crippen LogP contribution in [-0.4, -0.2) is 38.0 Å². The van der Waals surface area contributed by atoms with Crippen LogP contribution in [0.25, 0.3) is 0 Å². The third-order valence-electron chi connectivity index (χ3n) is 5.01. The Kier molecular flexibility index (Phi) is 6.96. The molecular formula is C20H30O4. The summed E-state index contributed by atoms with van der Waals surface area (Å²) in [4.78, 5) is 11.6. The van der Waals surface area contributed by atoms with E-state index in [1.807, 2.05) is 12.2 Å². The molecule has 0 aliphatic carbocycles. The highest BCUT2D eigenvalue weighted by atomic mass is 16.7. The van der Waals surface area contributed by atoms with E-state index in [0.717, 1.165) is 32.0 Å². The summed E-state index contributed by atoms with van der Waals surface area (Å²) in [5, 5.41) is 0. The maximum Gasteiger partial charge on any atom is 0.148 e. The van der Waals surface area contributed by atoms with Crippen LogP contribution < -0.4 is 0 Å². The molecule has 2 aliphatic rings. The molecule has 2 bridgehead atoms. The second kappa shape index (κ2) is 8.75. The molecule has 1 saturated heterocycles. The number of ether oxygens (including phenoxy) is 3. The molecular weight excluding hydrogens is 304 g/mol. The van der Waals surface area contributed by atoms with Crippen LogP contribution in [0.1, 0.15) is 52.9 Å². The number of allylic oxidation sites excluding steroid dienone is 5. The number of carbonyl (C=O) groups is 1. The Labute approximate surface area is 145 Å². The third-order valence-corrected chi connectivity index (χ3v) is 5.01. The molecule has 0 radical (unpaired) electrons. The molecule has 4 heteroatoms. The van der Waals surface area contributed by atoms with Crippen LogP contribution >= 0.6 is 0 Å². The van der Waals surface area contributed by atoms with Crippen LogP contribution in [0.2, 0.25) is 0 Å². The molecule has 0 aromatic heterocycles. The summed E-state index contributed by atoms with van der Waals surface area (Å²) in [6, 6.07) is 0. The molecule has 0 N–H and O–H groups in total. The van der Waals surface area contributed by atoms with Crippen molar-refractivity contribution >= 4 is 6.29 Å². The Hall–Kier alpha value is -1.23. The van der Waals surface area contributed by atoms with Crippen molar-refractivity contribution in [2.24, 2.45) is 0 Å². The Morgan fingerprint density at radius 1 is 1.29 bits per heavy atom. The van der Waals surface area contributed by atoms with Crippen molar-refractivity contribution in [1.29, 1.82) is 0 Å². The van der Waals surface area contributed by atoms with Crippen molar-refractivity contribution in [1.82, 2.24) is 0 Å². The van der Waals surface area contributed by atoms with Gasteiger partial charge < -0.3 is 14.2 Å². The number of methoxy groups -OCH3 is 1. The summed E-state index contributed by atoms with van der Waals surface area (Å²) in [5.74, 6) is 0. The standard InChI is InChI=1S/C20H30O4/c1-15-6-5-7-16(2)9-11-19-20(3,23-14-22-4)12-18(24-19)17(13-21)10-8-15/h7-8,10,13,18-19H,5-6,9,11-12,14H2,1-4H3/b15-8+,16-7+,17-10-/t18-,19-,20+/m0/s1. The highest BCUT2D eigenvalue weighted by Gasteiger charge is 2.46. The van der Waals surface area contributed by atoms with Gasteiger partial charge in [-0.1, -0.05) is 29.4 Å². The predicted octanol–water partition coefficient (Wildman–Crippen LogP) is 4.12. The van der Waals surface area contributed by atoms with Gasteiger partial charge in [0.05, 0.1) is 17.8 Å². The lowest BCUT2D eigenvalue weighted by atomic mass is 9.90. The van der Waals surface area contributed by atoms with Gasteiger partial charge in [0.15, 0.2) is 0 Å². The summed E-state index contributed by atoms with van der Waals surface area (Å²) >= 11 is 0. The minimum absolute atomic E-state index is 0.0461. The highest BCUT2D eigenvalue weighted by Crippen LogP contribution is 2.39. The van der Waals surface area contributed by atoms with Crippen molar-refractivity contribution in [2.75, 3.05) is 13.9 Å². The molecule has 0 aromatic carbocycles. The van der Waals surface area contributed by atoms with Crippen molar-refractivity contribution < 1.29 is 19.0 Å². The largest absolute Gasteiger partial charge is 0.367 e. The first-order valence-corrected chi connectivity index (χ1v) is 8.75. The zero-order chi connectivity index (χ0) is 17.6. The summed E-state index contributed by atoms with van der Waals surface area (Å²) in [5.41, 5.74) is 2.90. The summed E-state index contributed by atoms with van der Waals surface area (Å²) in [6.07, 6.45) is 11.5. The molecule has 2 aliphatic heterocycles. The molecule has 3 atom stereocenters. The number of carbonyl (C=O) groups excluding carboxylic acids is 1. The Bertz CT molecular complexity index is 532. The molecule has 0 aromatic rings. The minimum atomic E-state index is -0.439. The Morgan fingerprint density at radius 3 is 2.79 bits per heavy atom. The number of fused-ring (bicyclic) bond motifs is 2. The Morgan fingerprint density at radius 2 is 2.08 bits per heavy atom. The van der Waals surface area contributed by atoms with Crippen LogP contribution in [0.15, 0.2) is 34.9 Å². The van der Waals surface area contributed by atoms with Crippen molar-refractivity contribution in [3.05, 3.63) is 34.9 Å². The summed E-state index contributed by atoms with van der Waals surface area (Å²) in [6.45, 7) is 6.57. The van der Waals surface area contributed by atoms with Crippen LogP contribution in [0.4, 0.5) is 0 Å². The van der Waals surface area contributed by atoms with Gasteiger partial charge in [-0.3, -0.25) is 4.79 Å². The maximum atomic E-state index is 11.6. The van der Waals surface area contributed by atoms with E-state index in [-0.39, 0.29) is 19.0 Å². The first kappa shape index (κ1) is 19.1. The van der Waals surface area contributed by atoms with E-state index < -0.39 is 5.60 Å². The SMILES string of the molecule is COCO[C@]1(C)C[C@@H]2O[C@H]1CC/C(C)=C/CC/C(C)=C/C=C\2C=O. The molecule has 24 heavy (non-hydrogen) atoms. The van der Waals surface area contributed by atoms with Gasteiger partial charge in [0.1, 0.15) is 13.1 Å². The van der Waals surface area contributed by atoms with E-state index in [2.05, 4.69) is 26.8 Å². The van der Waals surface area contributed by atoms with Crippen LogP contribution in [0, 0.1) is 0 Å². The second-order valence-electron chi connectivity index (χ2n) is 7.11. The zero-order valence-corrected chi connectivity index (χ0v) is 15.3. The smallest absolute Gasteiger partial charge is 0.148 e. The van der Waals surface area contributed by atoms with Crippen LogP contribution in [-0.2, 0) is 19.0 Å². The lowest BCUT2D eigenvalue weighted by Crippen LogP contribution is -2.38. The van der Waals surface area contributed by atoms with E-state index >= 15 is 0 Å². The zero-order valence-electron chi connectivity index (χ0n) is 15.3. The first-order chi connectivity index (χ1) is 11.5. The van der Waals surface area contributed by atoms with Crippen LogP contribution in [0.5, 0.6) is 0 Å². The third kappa shape index (κ3) is 4.88. The fourth-order valence-corrected chi connectivity index (χ4v) is 3.36. The average Bonchev–Trinajstić information content (AvgIpc) is 2.88. The fraction of sp³-hybridized carbons (Fsp3) is 0.650. The van der Waals surface area contributed by atoms with Gasteiger partial charge in [-0.15, -0.1) is 0 Å². The molecule has 0 unspecified atom stereocenters. The molecule has 0 spiro atoms. The molecule has 4 nitrogen and oxygen atoms in total. The lowest BCUT2D eigenvalue weighted by molar-refractivity contribution is -0.147. The van der Waals surface area contributed by atoms with Gasteiger partial charge >= 0.3 is 0 Å². The fourth-order valence-electron chi connectivity index (χ4n) is 3.36. The lowest BCUT2D eigenvalue weighted by Gasteiger charge is -2.29. The molecule has 134 valence electrons. The first-order valence-electron chi connectivity index (χ1n) is 8.75. The van der Waals surface area contributed by atoms with Gasteiger partial charge in [0.2, 0.25) is 0 Å². The van der Waals surface area contributed by atoms with E-state index in [1.165, 1.54) is 11.1 Å². The molecule has 0 saturated carbocycles. The predicted molar refractivity (Wildman–Crippen MR) is 94.8 cm³/mol. The normalized spacial score (nSPS) is 38.4. The second-order valence-corrected chi connectivity index (χ2v) is 7.11. The quantitative estimate of drug-likeness (QED) is 0.441. The minimum Gasteiger partial charge on any atom is -0.367 e. The van der Waals surface area contributed by atoms with Crippen LogP contribution in [0.3, 0.4) is 0 Å². The Balaban J connectivity index is 2.29. The van der Waals surface area contributed by atoms with Gasteiger partial charge in [0, 0.05) is 19.1 Å². The topological polar surface area (TPSA) is 44.8 Å². The van der Waals surface area contributed by atoms with Crippen molar-refractivity contribution in [3.63, 3.8) is 0 Å². The van der Waals surface area contributed by atoms with Gasteiger partial charge in [0.25, 0.3) is 0 Å². The van der Waals surface area contributed by atoms with E-state index in [9.17, 15) is 4.79 Å². The number of rotatable bonds is 4. The maximum absolute atomic E-state index is 11.6. The highest BCUT2D eigenvalue weighted by molar-refractivity contribution is 5.75.